The predicted molar refractivity (Wildman–Crippen MR) is 128 cm³/mol. The van der Waals surface area contributed by atoms with Crippen LogP contribution in [-0.2, 0) is 13.2 Å². The van der Waals surface area contributed by atoms with E-state index >= 15 is 0 Å². The first-order valence-electron chi connectivity index (χ1n) is 11.7. The first-order chi connectivity index (χ1) is 15.9. The Labute approximate surface area is 196 Å². The molecule has 2 heterocycles. The van der Waals surface area contributed by atoms with Crippen LogP contribution in [0.15, 0.2) is 53.1 Å². The molecule has 0 atom stereocenters. The lowest BCUT2D eigenvalue weighted by Crippen LogP contribution is -2.48. The van der Waals surface area contributed by atoms with Crippen LogP contribution in [0.1, 0.15) is 58.3 Å². The first-order valence-corrected chi connectivity index (χ1v) is 11.7. The predicted octanol–water partition coefficient (Wildman–Crippen LogP) is 4.95. The summed E-state index contributed by atoms with van der Waals surface area (Å²) >= 11 is 0. The number of carbonyl (C=O) groups is 1. The van der Waals surface area contributed by atoms with Gasteiger partial charge in [0.15, 0.2) is 0 Å². The molecule has 1 aliphatic heterocycles. The van der Waals surface area contributed by atoms with Crippen LogP contribution in [0.3, 0.4) is 0 Å². The number of ether oxygens (including phenoxy) is 1. The monoisotopic (exact) mass is 447 g/mol. The molecule has 3 aromatic rings. The lowest BCUT2D eigenvalue weighted by Gasteiger charge is -2.35. The fourth-order valence-corrected chi connectivity index (χ4v) is 4.14. The summed E-state index contributed by atoms with van der Waals surface area (Å²) in [5.41, 5.74) is 5.12. The molecule has 0 radical (unpaired) electrons. The quantitative estimate of drug-likeness (QED) is 0.513. The summed E-state index contributed by atoms with van der Waals surface area (Å²) in [6.45, 7) is 12.7. The van der Waals surface area contributed by atoms with Crippen molar-refractivity contribution < 1.29 is 14.1 Å². The second-order valence-electron chi connectivity index (χ2n) is 9.08. The van der Waals surface area contributed by atoms with Gasteiger partial charge >= 0.3 is 0 Å². The maximum atomic E-state index is 13.1. The first kappa shape index (κ1) is 23.1. The van der Waals surface area contributed by atoms with Crippen LogP contribution in [0.2, 0.25) is 0 Å². The molecule has 0 aliphatic carbocycles. The van der Waals surface area contributed by atoms with Gasteiger partial charge in [-0.15, -0.1) is 0 Å². The van der Waals surface area contributed by atoms with Gasteiger partial charge in [-0.05, 0) is 49.1 Å². The van der Waals surface area contributed by atoms with E-state index in [2.05, 4.69) is 48.2 Å². The zero-order valence-corrected chi connectivity index (χ0v) is 20.0. The zero-order chi connectivity index (χ0) is 23.4. The summed E-state index contributed by atoms with van der Waals surface area (Å²) in [7, 11) is 0. The van der Waals surface area contributed by atoms with Crippen LogP contribution in [-0.4, -0.2) is 47.0 Å². The summed E-state index contributed by atoms with van der Waals surface area (Å²) in [5, 5.41) is 3.96. The minimum Gasteiger partial charge on any atom is -0.489 e. The lowest BCUT2D eigenvalue weighted by atomic mass is 10.0. The van der Waals surface area contributed by atoms with Gasteiger partial charge in [-0.2, -0.15) is 0 Å². The van der Waals surface area contributed by atoms with Crippen LogP contribution >= 0.6 is 0 Å². The summed E-state index contributed by atoms with van der Waals surface area (Å²) in [5.74, 6) is 2.03. The summed E-state index contributed by atoms with van der Waals surface area (Å²) in [6, 6.07) is 16.3. The molecule has 1 fully saturated rings. The van der Waals surface area contributed by atoms with E-state index in [1.807, 2.05) is 43.0 Å². The maximum absolute atomic E-state index is 13.1. The molecule has 0 unspecified atom stereocenters. The molecule has 6 heteroatoms. The Morgan fingerprint density at radius 3 is 2.42 bits per heavy atom. The van der Waals surface area contributed by atoms with Crippen molar-refractivity contribution in [2.45, 2.75) is 46.8 Å². The number of piperazine rings is 1. The van der Waals surface area contributed by atoms with Crippen molar-refractivity contribution in [3.05, 3.63) is 82.2 Å². The van der Waals surface area contributed by atoms with Crippen molar-refractivity contribution >= 4 is 5.91 Å². The van der Waals surface area contributed by atoms with Crippen molar-refractivity contribution in [3.8, 4) is 5.75 Å². The molecule has 0 N–H and O–H groups in total. The molecule has 33 heavy (non-hydrogen) atoms. The Hall–Kier alpha value is -3.12. The number of hydrogen-bond acceptors (Lipinski definition) is 5. The normalized spacial score (nSPS) is 14.6. The third-order valence-electron chi connectivity index (χ3n) is 6.36. The molecule has 1 aliphatic rings. The molecule has 174 valence electrons. The number of aromatic nitrogens is 1. The Bertz CT molecular complexity index is 1060. The van der Waals surface area contributed by atoms with Crippen LogP contribution in [0.4, 0.5) is 0 Å². The molecule has 4 rings (SSSR count). The fourth-order valence-electron chi connectivity index (χ4n) is 4.14. The van der Waals surface area contributed by atoms with E-state index in [0.29, 0.717) is 23.8 Å². The van der Waals surface area contributed by atoms with Gasteiger partial charge in [-0.3, -0.25) is 9.69 Å². The van der Waals surface area contributed by atoms with Gasteiger partial charge in [-0.1, -0.05) is 49.3 Å². The highest BCUT2D eigenvalue weighted by molar-refractivity contribution is 5.94. The number of carbonyl (C=O) groups excluding carboxylic acids is 1. The Morgan fingerprint density at radius 2 is 1.79 bits per heavy atom. The van der Waals surface area contributed by atoms with Gasteiger partial charge in [-0.25, -0.2) is 0 Å². The van der Waals surface area contributed by atoms with E-state index in [1.54, 1.807) is 0 Å². The van der Waals surface area contributed by atoms with Crippen LogP contribution < -0.4 is 4.74 Å². The molecule has 0 bridgehead atoms. The summed E-state index contributed by atoms with van der Waals surface area (Å²) in [6.07, 6.45) is 0. The Kier molecular flexibility index (Phi) is 7.14. The van der Waals surface area contributed by atoms with Gasteiger partial charge < -0.3 is 14.2 Å². The largest absolute Gasteiger partial charge is 0.489 e. The van der Waals surface area contributed by atoms with Gasteiger partial charge in [0.1, 0.15) is 18.1 Å². The second-order valence-corrected chi connectivity index (χ2v) is 9.08. The van der Waals surface area contributed by atoms with Crippen LogP contribution in [0, 0.1) is 13.8 Å². The number of benzene rings is 2. The summed E-state index contributed by atoms with van der Waals surface area (Å²) in [4.78, 5) is 17.4. The highest BCUT2D eigenvalue weighted by Crippen LogP contribution is 2.20. The van der Waals surface area contributed by atoms with Gasteiger partial charge in [0.05, 0.1) is 11.3 Å². The van der Waals surface area contributed by atoms with Crippen molar-refractivity contribution in [2.75, 3.05) is 26.2 Å². The van der Waals surface area contributed by atoms with Crippen LogP contribution in [0.5, 0.6) is 5.75 Å². The summed E-state index contributed by atoms with van der Waals surface area (Å²) < 4.78 is 11.1. The highest BCUT2D eigenvalue weighted by Gasteiger charge is 2.22. The van der Waals surface area contributed by atoms with E-state index < -0.39 is 0 Å². The molecule has 1 amide bonds. The Balaban J connectivity index is 1.30. The third-order valence-corrected chi connectivity index (χ3v) is 6.36. The molecule has 0 saturated carbocycles. The fraction of sp³-hybridized carbons (Fsp3) is 0.407. The van der Waals surface area contributed by atoms with Crippen LogP contribution in [0.25, 0.3) is 0 Å². The molecular weight excluding hydrogens is 414 g/mol. The molecule has 1 aromatic heterocycles. The molecule has 2 aromatic carbocycles. The number of nitrogens with zero attached hydrogens (tertiary/aromatic N) is 3. The van der Waals surface area contributed by atoms with Crippen molar-refractivity contribution in [1.29, 1.82) is 0 Å². The third kappa shape index (κ3) is 5.63. The van der Waals surface area contributed by atoms with E-state index in [9.17, 15) is 4.79 Å². The van der Waals surface area contributed by atoms with Crippen molar-refractivity contribution in [1.82, 2.24) is 15.0 Å². The molecular formula is C27H33N3O3. The molecule has 6 nitrogen and oxygen atoms in total. The smallest absolute Gasteiger partial charge is 0.254 e. The average molecular weight is 448 g/mol. The van der Waals surface area contributed by atoms with E-state index in [1.165, 1.54) is 11.1 Å². The minimum atomic E-state index is 0.0544. The van der Waals surface area contributed by atoms with Gasteiger partial charge in [0.25, 0.3) is 5.91 Å². The number of aryl methyl sites for hydroxylation is 2. The van der Waals surface area contributed by atoms with E-state index in [-0.39, 0.29) is 5.91 Å². The Morgan fingerprint density at radius 1 is 1.06 bits per heavy atom. The topological polar surface area (TPSA) is 58.8 Å². The van der Waals surface area contributed by atoms with Gasteiger partial charge in [0.2, 0.25) is 0 Å². The van der Waals surface area contributed by atoms with Crippen molar-refractivity contribution in [3.63, 3.8) is 0 Å². The number of amides is 1. The average Bonchev–Trinajstić information content (AvgIpc) is 3.15. The van der Waals surface area contributed by atoms with E-state index in [4.69, 9.17) is 9.26 Å². The minimum absolute atomic E-state index is 0.0544. The highest BCUT2D eigenvalue weighted by atomic mass is 16.5. The molecule has 0 spiro atoms. The maximum Gasteiger partial charge on any atom is 0.254 e. The van der Waals surface area contributed by atoms with E-state index in [0.717, 1.165) is 49.7 Å². The van der Waals surface area contributed by atoms with Gasteiger partial charge in [0, 0.05) is 38.3 Å². The standard InChI is InChI=1S/C27H33N3O3/c1-19(2)23-10-8-22(9-11-23)17-29-12-14-30(15-13-29)27(31)24-6-5-7-25(16-24)32-18-26-20(3)28-33-21(26)4/h5-11,16,19H,12-15,17-18H2,1-4H3. The second kappa shape index (κ2) is 10.2. The SMILES string of the molecule is Cc1noc(C)c1COc1cccc(C(=O)N2CCN(Cc3ccc(C(C)C)cc3)CC2)c1. The zero-order valence-electron chi connectivity index (χ0n) is 20.0. The number of rotatable bonds is 7. The number of hydrogen-bond donors (Lipinski definition) is 0. The lowest BCUT2D eigenvalue weighted by molar-refractivity contribution is 0.0628. The molecule has 1 saturated heterocycles. The van der Waals surface area contributed by atoms with Crippen molar-refractivity contribution in [2.24, 2.45) is 0 Å².